The predicted octanol–water partition coefficient (Wildman–Crippen LogP) is 4.89. The first-order chi connectivity index (χ1) is 15.0. The zero-order valence-electron chi connectivity index (χ0n) is 17.5. The number of nitrogens with zero attached hydrogens (tertiary/aromatic N) is 3. The third-order valence-electron chi connectivity index (χ3n) is 6.37. The molecule has 0 saturated carbocycles. The molecule has 0 bridgehead atoms. The van der Waals surface area contributed by atoms with Crippen molar-refractivity contribution in [1.82, 2.24) is 15.0 Å². The molecule has 8 heteroatoms. The number of rotatable bonds is 6. The molecule has 1 N–H and O–H groups in total. The van der Waals surface area contributed by atoms with E-state index in [0.717, 1.165) is 46.9 Å². The van der Waals surface area contributed by atoms with Crippen molar-refractivity contribution in [2.45, 2.75) is 35.3 Å². The average molecular weight is 449 g/mol. The lowest BCUT2D eigenvalue weighted by Gasteiger charge is -2.39. The topological polar surface area (TPSA) is 21.8 Å². The lowest BCUT2D eigenvalue weighted by Crippen LogP contribution is -2.49. The number of alkyl halides is 2. The van der Waals surface area contributed by atoms with Crippen LogP contribution in [-0.4, -0.2) is 60.2 Å². The minimum atomic E-state index is -1.09. The van der Waals surface area contributed by atoms with Crippen molar-refractivity contribution in [1.29, 1.82) is 0 Å². The van der Waals surface area contributed by atoms with Crippen molar-refractivity contribution < 1.29 is 13.3 Å². The highest BCUT2D eigenvalue weighted by atomic mass is 32.2. The largest absolute Gasteiger partial charge is 0.301 e. The van der Waals surface area contributed by atoms with E-state index in [-0.39, 0.29) is 6.67 Å². The Morgan fingerprint density at radius 1 is 1.16 bits per heavy atom. The number of likely N-dealkylation sites (N-methyl/N-ethyl adjacent to an activating group) is 1. The first kappa shape index (κ1) is 21.1. The van der Waals surface area contributed by atoms with Crippen LogP contribution in [0.5, 0.6) is 0 Å². The van der Waals surface area contributed by atoms with E-state index < -0.39 is 12.2 Å². The maximum atomic E-state index is 15.2. The summed E-state index contributed by atoms with van der Waals surface area (Å²) in [6.45, 7) is 3.17. The number of halogens is 3. The summed E-state index contributed by atoms with van der Waals surface area (Å²) in [5, 5.41) is 0.997. The third kappa shape index (κ3) is 3.95. The number of hydrogen-bond acceptors (Lipinski definition) is 5. The molecule has 0 amide bonds. The Kier molecular flexibility index (Phi) is 5.90. The summed E-state index contributed by atoms with van der Waals surface area (Å²) in [5.74, 6) is 0. The van der Waals surface area contributed by atoms with E-state index in [2.05, 4.69) is 10.3 Å². The zero-order chi connectivity index (χ0) is 21.5. The number of benzene rings is 2. The van der Waals surface area contributed by atoms with Crippen LogP contribution in [0.2, 0.25) is 0 Å². The van der Waals surface area contributed by atoms with Crippen molar-refractivity contribution in [3.63, 3.8) is 0 Å². The molecule has 1 saturated heterocycles. The average Bonchev–Trinajstić information content (AvgIpc) is 3.08. The number of hydrazine groups is 1. The molecule has 3 aliphatic heterocycles. The highest BCUT2D eigenvalue weighted by molar-refractivity contribution is 8.00. The number of anilines is 1. The van der Waals surface area contributed by atoms with Gasteiger partial charge in [-0.1, -0.05) is 30.3 Å². The monoisotopic (exact) mass is 448 g/mol. The summed E-state index contributed by atoms with van der Waals surface area (Å²) in [5.41, 5.74) is 6.95. The normalized spacial score (nSPS) is 24.5. The molecular weight excluding hydrogens is 421 g/mol. The summed E-state index contributed by atoms with van der Waals surface area (Å²) in [6.07, 6.45) is -0.536. The van der Waals surface area contributed by atoms with Crippen LogP contribution in [0.3, 0.4) is 0 Å². The van der Waals surface area contributed by atoms with Crippen LogP contribution >= 0.6 is 11.8 Å². The van der Waals surface area contributed by atoms with Crippen LogP contribution in [0.1, 0.15) is 40.9 Å². The minimum absolute atomic E-state index is 0.296. The Morgan fingerprint density at radius 3 is 2.68 bits per heavy atom. The van der Waals surface area contributed by atoms with E-state index in [1.54, 1.807) is 11.8 Å². The Labute approximate surface area is 185 Å². The van der Waals surface area contributed by atoms with Crippen molar-refractivity contribution in [3.8, 4) is 0 Å². The fourth-order valence-electron chi connectivity index (χ4n) is 4.87. The van der Waals surface area contributed by atoms with Crippen molar-refractivity contribution in [2.24, 2.45) is 0 Å². The molecule has 0 aliphatic carbocycles. The van der Waals surface area contributed by atoms with Gasteiger partial charge in [-0.05, 0) is 41.5 Å². The third-order valence-corrected chi connectivity index (χ3v) is 7.58. The van der Waals surface area contributed by atoms with Crippen LogP contribution in [0.25, 0.3) is 0 Å². The van der Waals surface area contributed by atoms with E-state index >= 15 is 8.87 Å². The highest BCUT2D eigenvalue weighted by Gasteiger charge is 2.40. The predicted molar refractivity (Wildman–Crippen MR) is 118 cm³/mol. The van der Waals surface area contributed by atoms with Crippen LogP contribution < -0.4 is 5.43 Å². The summed E-state index contributed by atoms with van der Waals surface area (Å²) in [4.78, 5) is 5.08. The quantitative estimate of drug-likeness (QED) is 0.634. The summed E-state index contributed by atoms with van der Waals surface area (Å²) < 4.78 is 42.7. The molecule has 2 aromatic carbocycles. The number of nitrogens with one attached hydrogen (secondary N) is 1. The van der Waals surface area contributed by atoms with Gasteiger partial charge in [0.15, 0.2) is 0 Å². The van der Waals surface area contributed by atoms with Gasteiger partial charge in [0.25, 0.3) is 0 Å². The molecular formula is C23H27F3N4S. The Morgan fingerprint density at radius 2 is 1.94 bits per heavy atom. The van der Waals surface area contributed by atoms with E-state index in [4.69, 9.17) is 0 Å². The summed E-state index contributed by atoms with van der Waals surface area (Å²) in [7, 11) is 1.90. The molecule has 3 aliphatic rings. The van der Waals surface area contributed by atoms with Crippen LogP contribution in [0.4, 0.5) is 18.9 Å². The first-order valence-corrected chi connectivity index (χ1v) is 11.7. The molecule has 2 unspecified atom stereocenters. The molecule has 5 rings (SSSR count). The van der Waals surface area contributed by atoms with E-state index in [0.29, 0.717) is 35.6 Å². The first-order valence-electron chi connectivity index (χ1n) is 10.8. The van der Waals surface area contributed by atoms with Gasteiger partial charge in [-0.3, -0.25) is 14.7 Å². The van der Waals surface area contributed by atoms with E-state index in [1.165, 1.54) is 0 Å². The lowest BCUT2D eigenvalue weighted by atomic mass is 9.87. The van der Waals surface area contributed by atoms with Gasteiger partial charge in [0.2, 0.25) is 0 Å². The van der Waals surface area contributed by atoms with Gasteiger partial charge >= 0.3 is 0 Å². The van der Waals surface area contributed by atoms with E-state index in [9.17, 15) is 4.39 Å². The van der Waals surface area contributed by atoms with Crippen molar-refractivity contribution in [2.75, 3.05) is 45.3 Å². The molecule has 0 spiro atoms. The summed E-state index contributed by atoms with van der Waals surface area (Å²) in [6, 6.07) is 10.9. The van der Waals surface area contributed by atoms with Crippen molar-refractivity contribution >= 4 is 17.4 Å². The van der Waals surface area contributed by atoms with Gasteiger partial charge < -0.3 is 4.90 Å². The number of likely N-dealkylation sites (tertiary alicyclic amines) is 1. The Hall–Kier alpha value is -1.74. The molecule has 31 heavy (non-hydrogen) atoms. The lowest BCUT2D eigenvalue weighted by molar-refractivity contribution is 0.0345. The Balaban J connectivity index is 1.51. The molecule has 0 radical (unpaired) electrons. The van der Waals surface area contributed by atoms with Gasteiger partial charge in [-0.15, -0.1) is 16.2 Å². The Bertz CT molecular complexity index is 938. The van der Waals surface area contributed by atoms with Crippen LogP contribution in [0, 0.1) is 0 Å². The van der Waals surface area contributed by atoms with Crippen molar-refractivity contribution in [3.05, 3.63) is 58.7 Å². The highest BCUT2D eigenvalue weighted by Crippen LogP contribution is 2.51. The number of fused-ring (bicyclic) bond motifs is 3. The number of hydrogen-bond donors (Lipinski definition) is 1. The standard InChI is InChI=1S/C23H27F3N4S/c1-28-13-18-17(19(25)14-28)10-20(31-16-11-29(12-16)9-5-8-24)22-21(18)23(30(26)27-22)15-6-3-2-4-7-15/h2-4,6-7,10,16,19,23,27H,5,8-9,11-14H2,1H3. The fraction of sp³-hybridized carbons (Fsp3) is 0.478. The molecule has 1 fully saturated rings. The molecule has 0 aromatic heterocycles. The fourth-order valence-corrected chi connectivity index (χ4v) is 6.27. The molecule has 2 atom stereocenters. The smallest absolute Gasteiger partial charge is 0.138 e. The second kappa shape index (κ2) is 8.65. The van der Waals surface area contributed by atoms with Crippen LogP contribution in [-0.2, 0) is 6.54 Å². The molecule has 3 heterocycles. The zero-order valence-corrected chi connectivity index (χ0v) is 18.3. The number of thioether (sulfide) groups is 1. The van der Waals surface area contributed by atoms with Gasteiger partial charge in [0, 0.05) is 48.4 Å². The summed E-state index contributed by atoms with van der Waals surface area (Å²) >= 11 is 1.68. The SMILES string of the molecule is CN1Cc2c(cc(SC3CN(CCCF)C3)c3c2C(c2ccccc2)N(F)N3)C(F)C1. The van der Waals surface area contributed by atoms with E-state index in [1.807, 2.05) is 48.3 Å². The van der Waals surface area contributed by atoms with Gasteiger partial charge in [-0.25, -0.2) is 4.39 Å². The second-order valence-corrected chi connectivity index (χ2v) is 10.0. The van der Waals surface area contributed by atoms with Gasteiger partial charge in [-0.2, -0.15) is 0 Å². The minimum Gasteiger partial charge on any atom is -0.301 e. The maximum Gasteiger partial charge on any atom is 0.138 e. The molecule has 4 nitrogen and oxygen atoms in total. The van der Waals surface area contributed by atoms with Gasteiger partial charge in [0.1, 0.15) is 12.2 Å². The van der Waals surface area contributed by atoms with Crippen LogP contribution in [0.15, 0.2) is 41.3 Å². The molecule has 166 valence electrons. The maximum absolute atomic E-state index is 15.2. The molecule has 2 aromatic rings. The second-order valence-electron chi connectivity index (χ2n) is 8.67. The van der Waals surface area contributed by atoms with Gasteiger partial charge in [0.05, 0.1) is 12.4 Å².